The van der Waals surface area contributed by atoms with Crippen molar-refractivity contribution in [3.63, 3.8) is 0 Å². The van der Waals surface area contributed by atoms with Crippen molar-refractivity contribution in [2.75, 3.05) is 25.5 Å². The minimum Gasteiger partial charge on any atom is -0.375 e. The summed E-state index contributed by atoms with van der Waals surface area (Å²) in [5.74, 6) is -0.301. The molecule has 2 rings (SSSR count). The van der Waals surface area contributed by atoms with Crippen molar-refractivity contribution in [1.29, 1.82) is 0 Å². The van der Waals surface area contributed by atoms with Crippen molar-refractivity contribution < 1.29 is 4.39 Å². The number of hydrogen-bond acceptors (Lipinski definition) is 3. The largest absolute Gasteiger partial charge is 0.375 e. The lowest BCUT2D eigenvalue weighted by molar-refractivity contribution is 0.531. The molecule has 0 fully saturated rings. The van der Waals surface area contributed by atoms with Gasteiger partial charge in [0, 0.05) is 19.3 Å². The number of nitrogens with one attached hydrogen (secondary N) is 1. The van der Waals surface area contributed by atoms with E-state index in [0.717, 1.165) is 18.7 Å². The van der Waals surface area contributed by atoms with Crippen LogP contribution in [0.15, 0.2) is 42.6 Å². The van der Waals surface area contributed by atoms with Crippen molar-refractivity contribution in [1.82, 2.24) is 10.3 Å². The molecule has 0 saturated heterocycles. The third kappa shape index (κ3) is 4.26. The fourth-order valence-corrected chi connectivity index (χ4v) is 2.28. The molecule has 0 bridgehead atoms. The molecule has 21 heavy (non-hydrogen) atoms. The molecule has 0 aliphatic rings. The van der Waals surface area contributed by atoms with E-state index < -0.39 is 0 Å². The molecule has 2 aromatic rings. The van der Waals surface area contributed by atoms with Gasteiger partial charge in [-0.3, -0.25) is 4.98 Å². The summed E-state index contributed by atoms with van der Waals surface area (Å²) in [6.07, 6.45) is 2.17. The fourth-order valence-electron chi connectivity index (χ4n) is 2.28. The van der Waals surface area contributed by atoms with Gasteiger partial charge in [-0.1, -0.05) is 17.7 Å². The molecule has 0 aliphatic heterocycles. The second-order valence-corrected chi connectivity index (χ2v) is 5.29. The number of aryl methyl sites for hydroxylation is 1. The fraction of sp³-hybridized carbons (Fsp3) is 0.353. The zero-order chi connectivity index (χ0) is 15.2. The summed E-state index contributed by atoms with van der Waals surface area (Å²) >= 11 is 0. The zero-order valence-electron chi connectivity index (χ0n) is 12.8. The molecule has 1 N–H and O–H groups in total. The van der Waals surface area contributed by atoms with Gasteiger partial charge in [-0.15, -0.1) is 0 Å². The van der Waals surface area contributed by atoms with Gasteiger partial charge in [0.2, 0.25) is 0 Å². The van der Waals surface area contributed by atoms with E-state index in [9.17, 15) is 4.39 Å². The predicted molar refractivity (Wildman–Crippen MR) is 85.1 cm³/mol. The van der Waals surface area contributed by atoms with Crippen LogP contribution in [-0.2, 0) is 0 Å². The Kier molecular flexibility index (Phi) is 5.28. The monoisotopic (exact) mass is 287 g/mol. The van der Waals surface area contributed by atoms with Gasteiger partial charge in [0.25, 0.3) is 0 Å². The molecule has 0 aliphatic carbocycles. The summed E-state index contributed by atoms with van der Waals surface area (Å²) in [7, 11) is 3.98. The smallest absolute Gasteiger partial charge is 0.141 e. The van der Waals surface area contributed by atoms with Crippen LogP contribution in [0.1, 0.15) is 23.7 Å². The summed E-state index contributed by atoms with van der Waals surface area (Å²) in [4.78, 5) is 6.37. The third-order valence-corrected chi connectivity index (χ3v) is 3.68. The van der Waals surface area contributed by atoms with Gasteiger partial charge >= 0.3 is 0 Å². The van der Waals surface area contributed by atoms with E-state index >= 15 is 0 Å². The van der Waals surface area contributed by atoms with Crippen LogP contribution in [0.4, 0.5) is 10.1 Å². The number of nitrogens with zero attached hydrogens (tertiary/aromatic N) is 2. The highest BCUT2D eigenvalue weighted by atomic mass is 19.1. The molecular formula is C17H22FN3. The number of pyridine rings is 1. The molecule has 0 spiro atoms. The highest BCUT2D eigenvalue weighted by Gasteiger charge is 2.12. The first-order chi connectivity index (χ1) is 10.1. The van der Waals surface area contributed by atoms with Crippen molar-refractivity contribution in [2.24, 2.45) is 0 Å². The summed E-state index contributed by atoms with van der Waals surface area (Å²) in [5, 5.41) is 3.24. The van der Waals surface area contributed by atoms with Gasteiger partial charge in [0.1, 0.15) is 5.82 Å². The summed E-state index contributed by atoms with van der Waals surface area (Å²) < 4.78 is 12.9. The molecule has 0 saturated carbocycles. The molecule has 1 unspecified atom stereocenters. The number of hydrogen-bond donors (Lipinski definition) is 1. The first-order valence-corrected chi connectivity index (χ1v) is 7.16. The van der Waals surface area contributed by atoms with Gasteiger partial charge in [-0.2, -0.15) is 0 Å². The first kappa shape index (κ1) is 15.4. The highest BCUT2D eigenvalue weighted by Crippen LogP contribution is 2.18. The molecular weight excluding hydrogens is 265 g/mol. The van der Waals surface area contributed by atoms with Gasteiger partial charge in [-0.25, -0.2) is 4.39 Å². The Labute approximate surface area is 125 Å². The minimum absolute atomic E-state index is 0.124. The minimum atomic E-state index is -0.301. The van der Waals surface area contributed by atoms with Crippen molar-refractivity contribution in [2.45, 2.75) is 19.4 Å². The predicted octanol–water partition coefficient (Wildman–Crippen LogP) is 3.32. The Morgan fingerprint density at radius 2 is 1.90 bits per heavy atom. The van der Waals surface area contributed by atoms with E-state index in [4.69, 9.17) is 0 Å². The Hall–Kier alpha value is -1.94. The van der Waals surface area contributed by atoms with Crippen LogP contribution in [0.5, 0.6) is 0 Å². The molecule has 1 heterocycles. The Morgan fingerprint density at radius 1 is 1.19 bits per heavy atom. The Bertz CT molecular complexity index is 551. The normalized spacial score (nSPS) is 12.2. The second kappa shape index (κ2) is 7.18. The van der Waals surface area contributed by atoms with E-state index in [2.05, 4.69) is 53.4 Å². The summed E-state index contributed by atoms with van der Waals surface area (Å²) in [5.41, 5.74) is 3.33. The number of rotatable bonds is 6. The Morgan fingerprint density at radius 3 is 2.48 bits per heavy atom. The molecule has 4 heteroatoms. The van der Waals surface area contributed by atoms with Gasteiger partial charge in [-0.05, 0) is 44.7 Å². The maximum atomic E-state index is 12.9. The molecule has 0 amide bonds. The van der Waals surface area contributed by atoms with Crippen LogP contribution in [0, 0.1) is 12.7 Å². The standard InChI is InChI=1S/C17H22FN3/c1-13-4-7-15(8-5-13)21(3)11-10-16(19-2)17-9-6-14(18)12-20-17/h4-9,12,16,19H,10-11H2,1-3H3. The summed E-state index contributed by atoms with van der Waals surface area (Å²) in [6, 6.07) is 11.8. The number of aromatic nitrogens is 1. The van der Waals surface area contributed by atoms with E-state index in [1.165, 1.54) is 23.5 Å². The van der Waals surface area contributed by atoms with Crippen molar-refractivity contribution in [3.05, 3.63) is 59.7 Å². The molecule has 0 radical (unpaired) electrons. The highest BCUT2D eigenvalue weighted by molar-refractivity contribution is 5.46. The van der Waals surface area contributed by atoms with Gasteiger partial charge < -0.3 is 10.2 Å². The first-order valence-electron chi connectivity index (χ1n) is 7.16. The average molecular weight is 287 g/mol. The lowest BCUT2D eigenvalue weighted by Gasteiger charge is -2.23. The molecule has 3 nitrogen and oxygen atoms in total. The second-order valence-electron chi connectivity index (χ2n) is 5.29. The van der Waals surface area contributed by atoms with E-state index in [1.807, 2.05) is 7.05 Å². The average Bonchev–Trinajstić information content (AvgIpc) is 2.50. The molecule has 112 valence electrons. The van der Waals surface area contributed by atoms with Crippen molar-refractivity contribution in [3.8, 4) is 0 Å². The molecule has 1 aromatic heterocycles. The van der Waals surface area contributed by atoms with E-state index in [1.54, 1.807) is 6.07 Å². The lowest BCUT2D eigenvalue weighted by atomic mass is 10.1. The van der Waals surface area contributed by atoms with E-state index in [-0.39, 0.29) is 11.9 Å². The number of benzene rings is 1. The molecule has 1 aromatic carbocycles. The Balaban J connectivity index is 1.96. The zero-order valence-corrected chi connectivity index (χ0v) is 12.8. The maximum Gasteiger partial charge on any atom is 0.141 e. The van der Waals surface area contributed by atoms with Gasteiger partial charge in [0.05, 0.1) is 17.9 Å². The van der Waals surface area contributed by atoms with Crippen LogP contribution in [0.2, 0.25) is 0 Å². The summed E-state index contributed by atoms with van der Waals surface area (Å²) in [6.45, 7) is 2.98. The SMILES string of the molecule is CNC(CCN(C)c1ccc(C)cc1)c1ccc(F)cn1. The van der Waals surface area contributed by atoms with E-state index in [0.29, 0.717) is 0 Å². The van der Waals surface area contributed by atoms with Crippen LogP contribution in [-0.4, -0.2) is 25.6 Å². The third-order valence-electron chi connectivity index (χ3n) is 3.68. The van der Waals surface area contributed by atoms with Crippen LogP contribution in [0.25, 0.3) is 0 Å². The maximum absolute atomic E-state index is 12.9. The van der Waals surface area contributed by atoms with Gasteiger partial charge in [0.15, 0.2) is 0 Å². The quantitative estimate of drug-likeness (QED) is 0.883. The lowest BCUT2D eigenvalue weighted by Crippen LogP contribution is -2.25. The topological polar surface area (TPSA) is 28.2 Å². The number of halogens is 1. The van der Waals surface area contributed by atoms with Crippen LogP contribution < -0.4 is 10.2 Å². The molecule has 1 atom stereocenters. The van der Waals surface area contributed by atoms with Crippen LogP contribution >= 0.6 is 0 Å². The van der Waals surface area contributed by atoms with Crippen LogP contribution in [0.3, 0.4) is 0 Å². The number of anilines is 1. The van der Waals surface area contributed by atoms with Crippen molar-refractivity contribution >= 4 is 5.69 Å².